The van der Waals surface area contributed by atoms with E-state index in [0.29, 0.717) is 0 Å². The number of anilines is 1. The van der Waals surface area contributed by atoms with E-state index in [9.17, 15) is 39.9 Å². The van der Waals surface area contributed by atoms with E-state index >= 15 is 0 Å². The van der Waals surface area contributed by atoms with Gasteiger partial charge in [0.25, 0.3) is 10.0 Å². The number of rotatable bonds is 3. The van der Waals surface area contributed by atoms with E-state index in [1.807, 2.05) is 4.72 Å². The van der Waals surface area contributed by atoms with Gasteiger partial charge in [0.1, 0.15) is 5.75 Å². The number of aromatic hydroxyl groups is 1. The van der Waals surface area contributed by atoms with Crippen molar-refractivity contribution in [2.75, 3.05) is 4.72 Å². The van der Waals surface area contributed by atoms with Crippen molar-refractivity contribution in [3.8, 4) is 5.75 Å². The Hall–Kier alpha value is -2.43. The summed E-state index contributed by atoms with van der Waals surface area (Å²) in [5.74, 6) is -0.347. The molecule has 2 aromatic rings. The zero-order valence-electron chi connectivity index (χ0n) is 12.0. The van der Waals surface area contributed by atoms with Gasteiger partial charge in [-0.05, 0) is 30.3 Å². The minimum atomic E-state index is -5.17. The summed E-state index contributed by atoms with van der Waals surface area (Å²) >= 11 is 0. The van der Waals surface area contributed by atoms with Crippen LogP contribution in [-0.2, 0) is 22.4 Å². The molecule has 0 heterocycles. The van der Waals surface area contributed by atoms with Crippen LogP contribution >= 0.6 is 0 Å². The normalized spacial score (nSPS) is 12.9. The van der Waals surface area contributed by atoms with Gasteiger partial charge >= 0.3 is 12.4 Å². The lowest BCUT2D eigenvalue weighted by Gasteiger charge is -2.15. The molecule has 0 saturated heterocycles. The van der Waals surface area contributed by atoms with Crippen LogP contribution in [0.25, 0.3) is 0 Å². The average molecular weight is 385 g/mol. The van der Waals surface area contributed by atoms with Crippen LogP contribution in [0.3, 0.4) is 0 Å². The molecule has 0 spiro atoms. The Labute approximate surface area is 137 Å². The lowest BCUT2D eigenvalue weighted by Crippen LogP contribution is -2.17. The zero-order chi connectivity index (χ0) is 19.0. The van der Waals surface area contributed by atoms with Gasteiger partial charge in [-0.2, -0.15) is 26.3 Å². The van der Waals surface area contributed by atoms with Crippen LogP contribution < -0.4 is 4.72 Å². The third-order valence-corrected chi connectivity index (χ3v) is 4.33. The van der Waals surface area contributed by atoms with Gasteiger partial charge in [0, 0.05) is 6.07 Å². The van der Waals surface area contributed by atoms with Crippen LogP contribution in [0.5, 0.6) is 5.75 Å². The Bertz CT molecular complexity index is 858. The van der Waals surface area contributed by atoms with Gasteiger partial charge in [-0.1, -0.05) is 6.07 Å². The van der Waals surface area contributed by atoms with E-state index in [2.05, 4.69) is 0 Å². The van der Waals surface area contributed by atoms with Crippen molar-refractivity contribution in [3.63, 3.8) is 0 Å². The predicted molar refractivity (Wildman–Crippen MR) is 75.4 cm³/mol. The first kappa shape index (κ1) is 18.9. The molecule has 0 aliphatic heterocycles. The Kier molecular flexibility index (Phi) is 4.64. The van der Waals surface area contributed by atoms with E-state index in [4.69, 9.17) is 0 Å². The molecule has 25 heavy (non-hydrogen) atoms. The number of halogens is 6. The Morgan fingerprint density at radius 2 is 1.36 bits per heavy atom. The molecular formula is C14H9F6NO3S. The van der Waals surface area contributed by atoms with Crippen molar-refractivity contribution in [2.45, 2.75) is 17.2 Å². The highest BCUT2D eigenvalue weighted by atomic mass is 32.2. The molecule has 0 unspecified atom stereocenters. The SMILES string of the molecule is O=S(=O)(Nc1cccc(O)c1)c1cc(C(F)(F)F)cc(C(F)(F)F)c1. The molecule has 0 aromatic heterocycles. The van der Waals surface area contributed by atoms with Gasteiger partial charge in [-0.25, -0.2) is 8.42 Å². The maximum Gasteiger partial charge on any atom is 0.416 e. The van der Waals surface area contributed by atoms with Crippen molar-refractivity contribution < 1.29 is 39.9 Å². The van der Waals surface area contributed by atoms with Gasteiger partial charge in [0.2, 0.25) is 0 Å². The zero-order valence-corrected chi connectivity index (χ0v) is 12.8. The first-order valence-electron chi connectivity index (χ1n) is 6.40. The summed E-state index contributed by atoms with van der Waals surface area (Å²) < 4.78 is 103. The van der Waals surface area contributed by atoms with Gasteiger partial charge in [0.15, 0.2) is 0 Å². The monoisotopic (exact) mass is 385 g/mol. The van der Waals surface area contributed by atoms with Crippen LogP contribution in [0, 0.1) is 0 Å². The smallest absolute Gasteiger partial charge is 0.416 e. The first-order chi connectivity index (χ1) is 11.3. The van der Waals surface area contributed by atoms with Crippen molar-refractivity contribution in [2.24, 2.45) is 0 Å². The number of phenols is 1. The number of nitrogens with one attached hydrogen (secondary N) is 1. The fraction of sp³-hybridized carbons (Fsp3) is 0.143. The number of hydrogen-bond donors (Lipinski definition) is 2. The number of alkyl halides is 6. The molecule has 136 valence electrons. The summed E-state index contributed by atoms with van der Waals surface area (Å²) in [6.45, 7) is 0. The second-order valence-corrected chi connectivity index (χ2v) is 6.58. The minimum Gasteiger partial charge on any atom is -0.508 e. The highest BCUT2D eigenvalue weighted by Gasteiger charge is 2.38. The van der Waals surface area contributed by atoms with Crippen molar-refractivity contribution in [1.29, 1.82) is 0 Å². The number of phenolic OH excluding ortho intramolecular Hbond substituents is 1. The predicted octanol–water partition coefficient (Wildman–Crippen LogP) is 4.23. The van der Waals surface area contributed by atoms with Crippen LogP contribution in [-0.4, -0.2) is 13.5 Å². The molecule has 0 fully saturated rings. The maximum absolute atomic E-state index is 12.8. The molecule has 0 aliphatic rings. The molecule has 11 heteroatoms. The van der Waals surface area contributed by atoms with Crippen LogP contribution in [0.2, 0.25) is 0 Å². The lowest BCUT2D eigenvalue weighted by atomic mass is 10.1. The van der Waals surface area contributed by atoms with Crippen LogP contribution in [0.4, 0.5) is 32.0 Å². The Morgan fingerprint density at radius 1 is 0.840 bits per heavy atom. The largest absolute Gasteiger partial charge is 0.508 e. The number of benzene rings is 2. The standard InChI is InChI=1S/C14H9F6NO3S/c15-13(16,17)8-4-9(14(18,19)20)6-12(5-8)25(23,24)21-10-2-1-3-11(22)7-10/h1-7,21-22H. The van der Waals surface area contributed by atoms with E-state index in [0.717, 1.165) is 12.1 Å². The second-order valence-electron chi connectivity index (χ2n) is 4.90. The molecule has 0 atom stereocenters. The average Bonchev–Trinajstić information content (AvgIpc) is 2.44. The summed E-state index contributed by atoms with van der Waals surface area (Å²) in [4.78, 5) is -1.21. The molecule has 0 radical (unpaired) electrons. The van der Waals surface area contributed by atoms with E-state index in [1.54, 1.807) is 0 Å². The van der Waals surface area contributed by atoms with Crippen molar-refractivity contribution in [3.05, 3.63) is 53.6 Å². The third-order valence-electron chi connectivity index (χ3n) is 2.97. The molecule has 2 N–H and O–H groups in total. The first-order valence-corrected chi connectivity index (χ1v) is 7.89. The van der Waals surface area contributed by atoms with E-state index in [1.165, 1.54) is 12.1 Å². The van der Waals surface area contributed by atoms with Gasteiger partial charge < -0.3 is 5.11 Å². The maximum atomic E-state index is 12.8. The Balaban J connectivity index is 2.56. The summed E-state index contributed by atoms with van der Waals surface area (Å²) in [5.41, 5.74) is -3.73. The van der Waals surface area contributed by atoms with Gasteiger partial charge in [-0.15, -0.1) is 0 Å². The van der Waals surface area contributed by atoms with Crippen LogP contribution in [0.15, 0.2) is 47.4 Å². The summed E-state index contributed by atoms with van der Waals surface area (Å²) in [7, 11) is -4.76. The molecule has 4 nitrogen and oxygen atoms in total. The summed E-state index contributed by atoms with van der Waals surface area (Å²) in [5, 5.41) is 9.25. The van der Waals surface area contributed by atoms with E-state index < -0.39 is 38.4 Å². The molecule has 2 aromatic carbocycles. The summed E-state index contributed by atoms with van der Waals surface area (Å²) in [6.07, 6.45) is -10.3. The fourth-order valence-corrected chi connectivity index (χ4v) is 2.98. The summed E-state index contributed by atoms with van der Waals surface area (Å²) in [6, 6.07) is 4.56. The van der Waals surface area contributed by atoms with E-state index in [-0.39, 0.29) is 29.6 Å². The Morgan fingerprint density at radius 3 is 1.80 bits per heavy atom. The quantitative estimate of drug-likeness (QED) is 0.777. The number of hydrogen-bond acceptors (Lipinski definition) is 3. The fourth-order valence-electron chi connectivity index (χ4n) is 1.87. The topological polar surface area (TPSA) is 66.4 Å². The molecule has 0 aliphatic carbocycles. The molecule has 0 amide bonds. The molecular weight excluding hydrogens is 376 g/mol. The second kappa shape index (κ2) is 6.14. The van der Waals surface area contributed by atoms with Crippen molar-refractivity contribution in [1.82, 2.24) is 0 Å². The highest BCUT2D eigenvalue weighted by molar-refractivity contribution is 7.92. The molecule has 2 rings (SSSR count). The van der Waals surface area contributed by atoms with Gasteiger partial charge in [-0.3, -0.25) is 4.72 Å². The van der Waals surface area contributed by atoms with Crippen molar-refractivity contribution >= 4 is 15.7 Å². The third kappa shape index (κ3) is 4.56. The van der Waals surface area contributed by atoms with Crippen LogP contribution in [0.1, 0.15) is 11.1 Å². The van der Waals surface area contributed by atoms with Gasteiger partial charge in [0.05, 0.1) is 21.7 Å². The highest BCUT2D eigenvalue weighted by Crippen LogP contribution is 2.37. The number of sulfonamides is 1. The minimum absolute atomic E-state index is 0.0976. The molecule has 0 bridgehead atoms. The lowest BCUT2D eigenvalue weighted by molar-refractivity contribution is -0.143. The molecule has 0 saturated carbocycles.